The Morgan fingerprint density at radius 2 is 1.40 bits per heavy atom. The molecule has 0 aromatic heterocycles. The number of aliphatic hydroxyl groups is 3. The highest BCUT2D eigenvalue weighted by atomic mass is 16.6. The zero-order chi connectivity index (χ0) is 21.9. The van der Waals surface area contributed by atoms with Crippen molar-refractivity contribution < 1.29 is 24.8 Å². The van der Waals surface area contributed by atoms with Gasteiger partial charge in [-0.3, -0.25) is 0 Å². The monoisotopic (exact) mass is 428 g/mol. The number of ether oxygens (including phenoxy) is 2. The summed E-state index contributed by atoms with van der Waals surface area (Å²) in [7, 11) is 0. The van der Waals surface area contributed by atoms with Crippen molar-refractivity contribution in [2.45, 2.75) is 128 Å². The fourth-order valence-electron chi connectivity index (χ4n) is 3.97. The molecule has 1 aliphatic heterocycles. The molecule has 0 amide bonds. The van der Waals surface area contributed by atoms with Crippen LogP contribution in [-0.2, 0) is 9.47 Å². The molecule has 1 fully saturated rings. The van der Waals surface area contributed by atoms with Gasteiger partial charge in [-0.2, -0.15) is 0 Å². The smallest absolute Gasteiger partial charge is 0.114 e. The molecule has 0 aromatic carbocycles. The first-order valence-corrected chi connectivity index (χ1v) is 12.6. The maximum absolute atomic E-state index is 10.1. The fourth-order valence-corrected chi connectivity index (χ4v) is 3.97. The van der Waals surface area contributed by atoms with Crippen LogP contribution in [0.4, 0.5) is 0 Å². The molecule has 0 saturated carbocycles. The molecule has 1 aliphatic rings. The predicted molar refractivity (Wildman–Crippen MR) is 123 cm³/mol. The lowest BCUT2D eigenvalue weighted by Crippen LogP contribution is -2.41. The van der Waals surface area contributed by atoms with Gasteiger partial charge in [0.1, 0.15) is 24.4 Å². The third-order valence-electron chi connectivity index (χ3n) is 5.97. The Morgan fingerprint density at radius 3 is 1.97 bits per heavy atom. The molecule has 0 radical (unpaired) electrons. The van der Waals surface area contributed by atoms with Gasteiger partial charge in [0, 0.05) is 6.61 Å². The van der Waals surface area contributed by atoms with E-state index in [-0.39, 0.29) is 6.61 Å². The molecular formula is C25H48O5. The maximum Gasteiger partial charge on any atom is 0.114 e. The second kappa shape index (κ2) is 19.2. The molecule has 0 unspecified atom stereocenters. The van der Waals surface area contributed by atoms with Crippen LogP contribution in [0.5, 0.6) is 0 Å². The highest BCUT2D eigenvalue weighted by Crippen LogP contribution is 2.20. The van der Waals surface area contributed by atoms with Gasteiger partial charge in [-0.1, -0.05) is 83.3 Å². The number of hydrogen-bond acceptors (Lipinski definition) is 5. The van der Waals surface area contributed by atoms with E-state index in [4.69, 9.17) is 14.6 Å². The molecular weight excluding hydrogens is 380 g/mol. The van der Waals surface area contributed by atoms with Crippen molar-refractivity contribution in [2.24, 2.45) is 0 Å². The summed E-state index contributed by atoms with van der Waals surface area (Å²) in [4.78, 5) is 0. The van der Waals surface area contributed by atoms with Gasteiger partial charge in [0.25, 0.3) is 0 Å². The van der Waals surface area contributed by atoms with E-state index in [0.29, 0.717) is 6.61 Å². The summed E-state index contributed by atoms with van der Waals surface area (Å²) >= 11 is 0. The van der Waals surface area contributed by atoms with Gasteiger partial charge < -0.3 is 24.8 Å². The molecule has 3 N–H and O–H groups in total. The Labute approximate surface area is 184 Å². The summed E-state index contributed by atoms with van der Waals surface area (Å²) in [6.45, 7) is 2.72. The fraction of sp³-hybridized carbons (Fsp3) is 0.920. The van der Waals surface area contributed by atoms with E-state index in [1.165, 1.54) is 70.6 Å². The van der Waals surface area contributed by atoms with Crippen LogP contribution in [0, 0.1) is 0 Å². The van der Waals surface area contributed by atoms with E-state index < -0.39 is 31.0 Å². The lowest BCUT2D eigenvalue weighted by Gasteiger charge is -2.20. The SMILES string of the molecule is CCCCCCCCCCCC/C=C/CCCCCO[C@H]1CO[C@H]([C@H](O)CO)[C@@H]1O. The Bertz CT molecular complexity index is 401. The molecule has 1 saturated heterocycles. The summed E-state index contributed by atoms with van der Waals surface area (Å²) in [5.74, 6) is 0. The van der Waals surface area contributed by atoms with Crippen molar-refractivity contribution >= 4 is 0 Å². The van der Waals surface area contributed by atoms with E-state index in [9.17, 15) is 10.2 Å². The van der Waals surface area contributed by atoms with E-state index in [1.54, 1.807) is 0 Å². The van der Waals surface area contributed by atoms with Crippen molar-refractivity contribution in [3.05, 3.63) is 12.2 Å². The Morgan fingerprint density at radius 1 is 0.867 bits per heavy atom. The van der Waals surface area contributed by atoms with E-state index in [2.05, 4.69) is 19.1 Å². The van der Waals surface area contributed by atoms with Gasteiger partial charge in [-0.05, 0) is 32.1 Å². The molecule has 5 nitrogen and oxygen atoms in total. The van der Waals surface area contributed by atoms with Gasteiger partial charge in [-0.25, -0.2) is 0 Å². The van der Waals surface area contributed by atoms with Gasteiger partial charge in [0.05, 0.1) is 13.2 Å². The zero-order valence-electron chi connectivity index (χ0n) is 19.4. The second-order valence-corrected chi connectivity index (χ2v) is 8.74. The molecule has 0 aliphatic carbocycles. The molecule has 5 heteroatoms. The third-order valence-corrected chi connectivity index (χ3v) is 5.97. The minimum absolute atomic E-state index is 0.268. The summed E-state index contributed by atoms with van der Waals surface area (Å²) in [6, 6.07) is 0. The molecule has 4 atom stereocenters. The molecule has 178 valence electrons. The summed E-state index contributed by atoms with van der Waals surface area (Å²) in [6.07, 6.45) is 21.0. The van der Waals surface area contributed by atoms with Crippen LogP contribution < -0.4 is 0 Å². The van der Waals surface area contributed by atoms with Gasteiger partial charge in [-0.15, -0.1) is 0 Å². The van der Waals surface area contributed by atoms with E-state index in [1.807, 2.05) is 0 Å². The maximum atomic E-state index is 10.1. The summed E-state index contributed by atoms with van der Waals surface area (Å²) < 4.78 is 11.0. The molecule has 0 aromatic rings. The third kappa shape index (κ3) is 13.1. The number of aliphatic hydroxyl groups excluding tert-OH is 3. The van der Waals surface area contributed by atoms with Crippen molar-refractivity contribution in [1.82, 2.24) is 0 Å². The number of allylic oxidation sites excluding steroid dienone is 2. The summed E-state index contributed by atoms with van der Waals surface area (Å²) in [5.41, 5.74) is 0. The largest absolute Gasteiger partial charge is 0.394 e. The quantitative estimate of drug-likeness (QED) is 0.190. The first kappa shape index (κ1) is 27.6. The van der Waals surface area contributed by atoms with Crippen LogP contribution in [0.15, 0.2) is 12.2 Å². The summed E-state index contributed by atoms with van der Waals surface area (Å²) in [5, 5.41) is 28.6. The lowest BCUT2D eigenvalue weighted by atomic mass is 10.1. The van der Waals surface area contributed by atoms with Crippen LogP contribution in [0.25, 0.3) is 0 Å². The number of hydrogen-bond donors (Lipinski definition) is 3. The first-order valence-electron chi connectivity index (χ1n) is 12.6. The highest BCUT2D eigenvalue weighted by Gasteiger charge is 2.40. The van der Waals surface area contributed by atoms with Crippen molar-refractivity contribution in [3.8, 4) is 0 Å². The lowest BCUT2D eigenvalue weighted by molar-refractivity contribution is -0.0730. The first-order chi connectivity index (χ1) is 14.7. The number of rotatable bonds is 20. The Kier molecular flexibility index (Phi) is 17.7. The van der Waals surface area contributed by atoms with Crippen molar-refractivity contribution in [3.63, 3.8) is 0 Å². The molecule has 30 heavy (non-hydrogen) atoms. The highest BCUT2D eigenvalue weighted by molar-refractivity contribution is 4.88. The minimum Gasteiger partial charge on any atom is -0.394 e. The average Bonchev–Trinajstić information content (AvgIpc) is 3.12. The second-order valence-electron chi connectivity index (χ2n) is 8.74. The van der Waals surface area contributed by atoms with Gasteiger partial charge in [0.15, 0.2) is 0 Å². The van der Waals surface area contributed by atoms with Crippen molar-refractivity contribution in [1.29, 1.82) is 0 Å². The van der Waals surface area contributed by atoms with Crippen LogP contribution in [0.3, 0.4) is 0 Å². The minimum atomic E-state index is -1.05. The molecule has 1 rings (SSSR count). The Hall–Kier alpha value is -0.460. The molecule has 1 heterocycles. The normalized spacial score (nSPS) is 22.9. The number of unbranched alkanes of at least 4 members (excludes halogenated alkanes) is 13. The van der Waals surface area contributed by atoms with Crippen molar-refractivity contribution in [2.75, 3.05) is 19.8 Å². The van der Waals surface area contributed by atoms with Gasteiger partial charge >= 0.3 is 0 Å². The predicted octanol–water partition coefficient (Wildman–Crippen LogP) is 4.91. The van der Waals surface area contributed by atoms with E-state index >= 15 is 0 Å². The van der Waals surface area contributed by atoms with Crippen LogP contribution in [0.1, 0.15) is 103 Å². The average molecular weight is 429 g/mol. The molecule has 0 bridgehead atoms. The molecule has 0 spiro atoms. The zero-order valence-corrected chi connectivity index (χ0v) is 19.4. The Balaban J connectivity index is 1.82. The van der Waals surface area contributed by atoms with Crippen LogP contribution in [-0.4, -0.2) is 59.6 Å². The van der Waals surface area contributed by atoms with E-state index in [0.717, 1.165) is 25.7 Å². The van der Waals surface area contributed by atoms with Crippen LogP contribution in [0.2, 0.25) is 0 Å². The standard InChI is InChI=1S/C25H48O5/c1-2-3-4-5-6-7-8-9-10-11-12-13-14-15-16-17-18-19-29-23-21-30-25(24(23)28)22(27)20-26/h13-14,22-28H,2-12,15-21H2,1H3/b14-13+/t22-,23+,24-,25-/m1/s1. The van der Waals surface area contributed by atoms with Crippen LogP contribution >= 0.6 is 0 Å². The van der Waals surface area contributed by atoms with Gasteiger partial charge in [0.2, 0.25) is 0 Å². The topological polar surface area (TPSA) is 79.2 Å².